The zero-order chi connectivity index (χ0) is 24.7. The van der Waals surface area contributed by atoms with Gasteiger partial charge in [0.05, 0.1) is 22.5 Å². The van der Waals surface area contributed by atoms with Crippen molar-refractivity contribution in [3.05, 3.63) is 61.2 Å². The highest BCUT2D eigenvalue weighted by Crippen LogP contribution is 2.40. The molecule has 4 heterocycles. The number of para-hydroxylation sites is 1. The number of rotatable bonds is 3. The topological polar surface area (TPSA) is 116 Å². The maximum Gasteiger partial charge on any atom is 0.246 e. The van der Waals surface area contributed by atoms with E-state index in [0.29, 0.717) is 24.6 Å². The number of nitrogens with two attached hydrogens (primary N) is 2. The summed E-state index contributed by atoms with van der Waals surface area (Å²) in [6, 6.07) is 9.98. The number of hydrogen-bond donors (Lipinski definition) is 2. The number of carbonyl (C=O) groups is 1. The van der Waals surface area contributed by atoms with Crippen molar-refractivity contribution < 1.29 is 4.79 Å². The summed E-state index contributed by atoms with van der Waals surface area (Å²) < 4.78 is 2.09. The van der Waals surface area contributed by atoms with E-state index in [1.165, 1.54) is 12.4 Å². The van der Waals surface area contributed by atoms with Crippen LogP contribution in [0.3, 0.4) is 0 Å². The lowest BCUT2D eigenvalue weighted by Crippen LogP contribution is -2.29. The lowest BCUT2D eigenvalue weighted by atomic mass is 10.0. The van der Waals surface area contributed by atoms with E-state index in [-0.39, 0.29) is 11.9 Å². The smallest absolute Gasteiger partial charge is 0.246 e. The van der Waals surface area contributed by atoms with Gasteiger partial charge in [-0.15, -0.1) is 0 Å². The second kappa shape index (κ2) is 8.53. The minimum Gasteiger partial charge on any atom is -0.383 e. The Bertz CT molecular complexity index is 1530. The second-order valence-corrected chi connectivity index (χ2v) is 9.37. The van der Waals surface area contributed by atoms with Gasteiger partial charge >= 0.3 is 0 Å². The van der Waals surface area contributed by atoms with Gasteiger partial charge in [-0.3, -0.25) is 9.78 Å². The number of anilines is 1. The molecule has 0 saturated carbocycles. The lowest BCUT2D eigenvalue weighted by Gasteiger charge is -2.18. The van der Waals surface area contributed by atoms with Gasteiger partial charge in [0, 0.05) is 35.8 Å². The highest BCUT2D eigenvalue weighted by molar-refractivity contribution is 6.04. The van der Waals surface area contributed by atoms with E-state index in [0.717, 1.165) is 39.5 Å². The third-order valence-electron chi connectivity index (χ3n) is 6.21. The summed E-state index contributed by atoms with van der Waals surface area (Å²) in [5.41, 5.74) is 16.0. The minimum absolute atomic E-state index is 0.0388. The Morgan fingerprint density at radius 3 is 2.83 bits per heavy atom. The van der Waals surface area contributed by atoms with E-state index in [2.05, 4.69) is 44.0 Å². The van der Waals surface area contributed by atoms with E-state index < -0.39 is 5.54 Å². The average Bonchev–Trinajstić information content (AvgIpc) is 3.45. The van der Waals surface area contributed by atoms with Crippen molar-refractivity contribution in [1.29, 1.82) is 0 Å². The molecule has 1 fully saturated rings. The molecule has 1 aliphatic heterocycles. The number of pyridine rings is 1. The normalized spacial score (nSPS) is 15.9. The SMILES string of the molecule is C=CC(=O)N1CC[C@@H](n2c(C#CC(C)(C)N)c(-c3cnc4ccccc4c3)c3c(N)ncnc32)C1. The quantitative estimate of drug-likeness (QED) is 0.354. The summed E-state index contributed by atoms with van der Waals surface area (Å²) in [5, 5.41) is 1.72. The highest BCUT2D eigenvalue weighted by Gasteiger charge is 2.32. The summed E-state index contributed by atoms with van der Waals surface area (Å²) in [5.74, 6) is 6.78. The maximum atomic E-state index is 12.3. The molecule has 1 atom stereocenters. The Labute approximate surface area is 203 Å². The van der Waals surface area contributed by atoms with Gasteiger partial charge in [0.1, 0.15) is 23.5 Å². The third kappa shape index (κ3) is 4.11. The van der Waals surface area contributed by atoms with Crippen molar-refractivity contribution in [3.63, 3.8) is 0 Å². The number of likely N-dealkylation sites (tertiary alicyclic amines) is 1. The van der Waals surface area contributed by atoms with E-state index in [1.54, 1.807) is 4.90 Å². The molecule has 35 heavy (non-hydrogen) atoms. The Balaban J connectivity index is 1.81. The fourth-order valence-corrected chi connectivity index (χ4v) is 4.63. The van der Waals surface area contributed by atoms with Crippen LogP contribution in [0.1, 0.15) is 32.0 Å². The molecule has 1 aromatic carbocycles. The summed E-state index contributed by atoms with van der Waals surface area (Å²) in [4.78, 5) is 27.7. The van der Waals surface area contributed by atoms with Crippen LogP contribution in [-0.2, 0) is 4.79 Å². The second-order valence-electron chi connectivity index (χ2n) is 9.37. The van der Waals surface area contributed by atoms with Crippen LogP contribution < -0.4 is 11.5 Å². The Kier molecular flexibility index (Phi) is 5.50. The zero-order valence-electron chi connectivity index (χ0n) is 19.8. The summed E-state index contributed by atoms with van der Waals surface area (Å²) >= 11 is 0. The summed E-state index contributed by atoms with van der Waals surface area (Å²) in [6.07, 6.45) is 5.39. The predicted molar refractivity (Wildman–Crippen MR) is 138 cm³/mol. The Morgan fingerprint density at radius 2 is 2.06 bits per heavy atom. The van der Waals surface area contributed by atoms with Crippen LogP contribution in [0.4, 0.5) is 5.82 Å². The molecule has 4 aromatic rings. The molecular formula is C27H27N7O. The fourth-order valence-electron chi connectivity index (χ4n) is 4.63. The van der Waals surface area contributed by atoms with Gasteiger partial charge in [-0.25, -0.2) is 9.97 Å². The average molecular weight is 466 g/mol. The van der Waals surface area contributed by atoms with Gasteiger partial charge in [-0.2, -0.15) is 0 Å². The van der Waals surface area contributed by atoms with Crippen molar-refractivity contribution >= 4 is 33.7 Å². The number of carbonyl (C=O) groups excluding carboxylic acids is 1. The van der Waals surface area contributed by atoms with Crippen LogP contribution in [0.5, 0.6) is 0 Å². The number of fused-ring (bicyclic) bond motifs is 2. The van der Waals surface area contributed by atoms with Crippen LogP contribution in [0.25, 0.3) is 33.1 Å². The fraction of sp³-hybridized carbons (Fsp3) is 0.259. The molecule has 1 saturated heterocycles. The largest absolute Gasteiger partial charge is 0.383 e. The third-order valence-corrected chi connectivity index (χ3v) is 6.21. The molecular weight excluding hydrogens is 438 g/mol. The molecule has 0 radical (unpaired) electrons. The van der Waals surface area contributed by atoms with Crippen LogP contribution >= 0.6 is 0 Å². The van der Waals surface area contributed by atoms with Crippen LogP contribution in [0.15, 0.2) is 55.5 Å². The molecule has 0 spiro atoms. The van der Waals surface area contributed by atoms with Gasteiger partial charge in [0.25, 0.3) is 0 Å². The molecule has 4 N–H and O–H groups in total. The first-order valence-corrected chi connectivity index (χ1v) is 11.5. The van der Waals surface area contributed by atoms with Crippen molar-refractivity contribution in [2.45, 2.75) is 31.8 Å². The molecule has 8 nitrogen and oxygen atoms in total. The Hall–Kier alpha value is -4.22. The van der Waals surface area contributed by atoms with Crippen molar-refractivity contribution in [3.8, 4) is 23.0 Å². The van der Waals surface area contributed by atoms with E-state index >= 15 is 0 Å². The number of amides is 1. The van der Waals surface area contributed by atoms with Crippen molar-refractivity contribution in [2.75, 3.05) is 18.8 Å². The molecule has 1 aliphatic rings. The van der Waals surface area contributed by atoms with Crippen molar-refractivity contribution in [2.24, 2.45) is 5.73 Å². The molecule has 8 heteroatoms. The highest BCUT2D eigenvalue weighted by atomic mass is 16.2. The Morgan fingerprint density at radius 1 is 1.26 bits per heavy atom. The standard InChI is InChI=1S/C27H27N7O/c1-4-22(35)33-12-10-19(15-33)34-21(9-11-27(2,3)29)23(24-25(28)31-16-32-26(24)34)18-13-17-7-5-6-8-20(17)30-14-18/h4-8,13-14,16,19H,1,10,12,15,29H2,2-3H3,(H2,28,31,32)/t19-/m1/s1. The first-order chi connectivity index (χ1) is 16.8. The molecule has 1 amide bonds. The van der Waals surface area contributed by atoms with Crippen molar-refractivity contribution in [1.82, 2.24) is 24.4 Å². The van der Waals surface area contributed by atoms with Crippen LogP contribution in [0, 0.1) is 11.8 Å². The van der Waals surface area contributed by atoms with Crippen LogP contribution in [0.2, 0.25) is 0 Å². The van der Waals surface area contributed by atoms with Gasteiger partial charge in [0.2, 0.25) is 5.91 Å². The van der Waals surface area contributed by atoms with Gasteiger partial charge in [0.15, 0.2) is 0 Å². The van der Waals surface area contributed by atoms with Gasteiger partial charge < -0.3 is 20.9 Å². The van der Waals surface area contributed by atoms with Gasteiger partial charge in [-0.05, 0) is 44.4 Å². The molecule has 176 valence electrons. The summed E-state index contributed by atoms with van der Waals surface area (Å²) in [7, 11) is 0. The number of aromatic nitrogens is 4. The number of benzene rings is 1. The number of nitrogens with zero attached hydrogens (tertiary/aromatic N) is 5. The first kappa shape index (κ1) is 22.6. The van der Waals surface area contributed by atoms with Crippen LogP contribution in [-0.4, -0.2) is 49.0 Å². The molecule has 5 rings (SSSR count). The number of hydrogen-bond acceptors (Lipinski definition) is 6. The lowest BCUT2D eigenvalue weighted by molar-refractivity contribution is -0.125. The van der Waals surface area contributed by atoms with E-state index in [4.69, 9.17) is 11.5 Å². The molecule has 0 aliphatic carbocycles. The monoisotopic (exact) mass is 465 g/mol. The molecule has 3 aromatic heterocycles. The maximum absolute atomic E-state index is 12.3. The summed E-state index contributed by atoms with van der Waals surface area (Å²) in [6.45, 7) is 8.49. The molecule has 0 bridgehead atoms. The minimum atomic E-state index is -0.710. The number of nitrogen functional groups attached to an aromatic ring is 1. The zero-order valence-corrected chi connectivity index (χ0v) is 19.8. The van der Waals surface area contributed by atoms with Gasteiger partial charge in [-0.1, -0.05) is 30.7 Å². The van der Waals surface area contributed by atoms with E-state index in [1.807, 2.05) is 44.3 Å². The molecule has 0 unspecified atom stereocenters. The first-order valence-electron chi connectivity index (χ1n) is 11.5. The van der Waals surface area contributed by atoms with E-state index in [9.17, 15) is 4.79 Å². The predicted octanol–water partition coefficient (Wildman–Crippen LogP) is 3.28.